The van der Waals surface area contributed by atoms with E-state index >= 15 is 0 Å². The van der Waals surface area contributed by atoms with Gasteiger partial charge in [-0.2, -0.15) is 0 Å². The Labute approximate surface area is 241 Å². The summed E-state index contributed by atoms with van der Waals surface area (Å²) in [4.78, 5) is 12.9. The summed E-state index contributed by atoms with van der Waals surface area (Å²) in [7, 11) is 0. The minimum Gasteiger partial charge on any atom is -0.395 e. The quantitative estimate of drug-likeness (QED) is 0.102. The first-order valence-electron chi connectivity index (χ1n) is 14.1. The highest BCUT2D eigenvalue weighted by Crippen LogP contribution is 2.38. The number of carbonyl (C=O) groups excluding carboxylic acids is 1. The molecule has 1 amide bonds. The monoisotopic (exact) mass is 610 g/mol. The van der Waals surface area contributed by atoms with Crippen LogP contribution < -0.4 is 33.6 Å². The van der Waals surface area contributed by atoms with E-state index in [9.17, 15) is 40.5 Å². The third-order valence-corrected chi connectivity index (χ3v) is 8.92. The molecule has 0 aromatic heterocycles. The van der Waals surface area contributed by atoms with Gasteiger partial charge in [0.25, 0.3) is 5.91 Å². The van der Waals surface area contributed by atoms with Crippen LogP contribution in [0.3, 0.4) is 0 Å². The normalized spacial score (nSPS) is 51.2. The van der Waals surface area contributed by atoms with Crippen molar-refractivity contribution >= 4 is 5.91 Å². The van der Waals surface area contributed by atoms with Gasteiger partial charge in [-0.1, -0.05) is 0 Å². The maximum Gasteiger partial charge on any atom is 0.253 e. The van der Waals surface area contributed by atoms with Crippen LogP contribution in [0.1, 0.15) is 12.8 Å². The molecule has 2 aliphatic heterocycles. The van der Waals surface area contributed by atoms with E-state index in [1.165, 1.54) is 0 Å². The first-order valence-corrected chi connectivity index (χ1v) is 14.1. The van der Waals surface area contributed by atoms with Crippen molar-refractivity contribution in [2.75, 3.05) is 26.3 Å². The zero-order chi connectivity index (χ0) is 31.1. The lowest BCUT2D eigenvalue weighted by molar-refractivity contribution is -0.307. The van der Waals surface area contributed by atoms with Gasteiger partial charge in [0.15, 0.2) is 11.9 Å². The van der Waals surface area contributed by atoms with E-state index in [0.29, 0.717) is 0 Å². The van der Waals surface area contributed by atoms with Gasteiger partial charge in [0.2, 0.25) is 0 Å². The summed E-state index contributed by atoms with van der Waals surface area (Å²) < 4.78 is 17.6. The van der Waals surface area contributed by atoms with Crippen molar-refractivity contribution in [3.63, 3.8) is 0 Å². The van der Waals surface area contributed by atoms with Gasteiger partial charge in [-0.3, -0.25) is 4.79 Å². The first-order chi connectivity index (χ1) is 19.8. The molecule has 2 heterocycles. The van der Waals surface area contributed by atoms with Gasteiger partial charge < -0.3 is 88.6 Å². The molecule has 42 heavy (non-hydrogen) atoms. The minimum atomic E-state index is -1.82. The number of hydrogen-bond donors (Lipinski definition) is 14. The summed E-state index contributed by atoms with van der Waals surface area (Å²) in [5.74, 6) is -1.88. The number of nitrogens with two attached hydrogens (primary N) is 4. The molecule has 0 aromatic rings. The Morgan fingerprint density at radius 1 is 0.905 bits per heavy atom. The van der Waals surface area contributed by atoms with Crippen LogP contribution in [0.5, 0.6) is 0 Å². The second kappa shape index (κ2) is 13.4. The molecule has 0 spiro atoms. The fourth-order valence-corrected chi connectivity index (χ4v) is 6.12. The van der Waals surface area contributed by atoms with Crippen LogP contribution in [0.2, 0.25) is 0 Å². The molecule has 4 aliphatic rings. The van der Waals surface area contributed by atoms with E-state index < -0.39 is 115 Å². The molecule has 0 bridgehead atoms. The molecule has 2 saturated heterocycles. The van der Waals surface area contributed by atoms with Gasteiger partial charge in [0.1, 0.15) is 36.6 Å². The predicted octanol–water partition coefficient (Wildman–Crippen LogP) is -8.81. The molecule has 2 aliphatic carbocycles. The average Bonchev–Trinajstić information content (AvgIpc) is 3.58. The van der Waals surface area contributed by atoms with Crippen LogP contribution in [0.15, 0.2) is 0 Å². The highest BCUT2D eigenvalue weighted by molar-refractivity contribution is 5.89. The number of hydrogen-bond acceptors (Lipinski definition) is 17. The molecule has 17 atom stereocenters. The third-order valence-electron chi connectivity index (χ3n) is 8.92. The van der Waals surface area contributed by atoms with Gasteiger partial charge in [0, 0.05) is 37.5 Å². The van der Waals surface area contributed by atoms with E-state index in [1.54, 1.807) is 0 Å². The lowest BCUT2D eigenvalue weighted by Crippen LogP contribution is -2.72. The van der Waals surface area contributed by atoms with Crippen LogP contribution in [0, 0.1) is 5.92 Å². The maximum absolute atomic E-state index is 12.9. The average molecular weight is 611 g/mol. The molecule has 0 aromatic carbocycles. The van der Waals surface area contributed by atoms with Gasteiger partial charge in [-0.05, 0) is 6.42 Å². The fraction of sp³-hybridized carbons (Fsp3) is 0.958. The van der Waals surface area contributed by atoms with Crippen molar-refractivity contribution in [1.29, 1.82) is 0 Å². The summed E-state index contributed by atoms with van der Waals surface area (Å²) in [6.07, 6.45) is -13.9. The van der Waals surface area contributed by atoms with Gasteiger partial charge >= 0.3 is 0 Å². The van der Waals surface area contributed by atoms with Gasteiger partial charge in [-0.25, -0.2) is 0 Å². The van der Waals surface area contributed by atoms with Crippen molar-refractivity contribution in [3.8, 4) is 0 Å². The molecule has 4 rings (SSSR count). The lowest BCUT2D eigenvalue weighted by Gasteiger charge is -2.52. The first kappa shape index (κ1) is 33.7. The van der Waals surface area contributed by atoms with E-state index in [2.05, 4.69) is 10.6 Å². The topological polar surface area (TPSA) is 335 Å². The van der Waals surface area contributed by atoms with Gasteiger partial charge in [-0.15, -0.1) is 0 Å². The van der Waals surface area contributed by atoms with E-state index in [4.69, 9.17) is 42.3 Å². The van der Waals surface area contributed by atoms with Crippen LogP contribution in [0.4, 0.5) is 0 Å². The Balaban J connectivity index is 1.60. The van der Waals surface area contributed by atoms with Crippen LogP contribution >= 0.6 is 0 Å². The number of amides is 1. The number of aliphatic hydroxyl groups excluding tert-OH is 7. The molecule has 244 valence electrons. The smallest absolute Gasteiger partial charge is 0.253 e. The molecule has 18 N–H and O–H groups in total. The van der Waals surface area contributed by atoms with Crippen LogP contribution in [0.25, 0.3) is 0 Å². The molecule has 18 nitrogen and oxygen atoms in total. The van der Waals surface area contributed by atoms with E-state index in [-0.39, 0.29) is 32.5 Å². The molecule has 3 unspecified atom stereocenters. The standard InChI is InChI=1S/C24H46N6O12/c25-7-3-8(30-23(38)24(39)4-11(24)26)20(42-22-19(37)13(27)15(33)10(6-32)41-22)17(35)12(7)21-14(28)18(36)16(34)9(40-21)5-29-1-2-31/h7-22,29,31-37,39H,1-6,25-28H2,(H,30,38)/t7-,8+,9+,10+,11?,12?,13-,14+,15+,16+,17-,18+,19+,20-,21+,22+,24?/m0/s1. The molecule has 18 heteroatoms. The summed E-state index contributed by atoms with van der Waals surface area (Å²) in [5, 5.41) is 88.5. The SMILES string of the molecule is NC1CC1(O)C(=O)N[C@@H]1C[C@H](N)C([C@H]2O[C@H](CNCCO)[C@@H](O)[C@H](O)[C@H]2N)[C@H](O)[C@H]1O[C@H]1O[C@H](CO)[C@@H](O)[C@H](N)[C@H]1O. The zero-order valence-electron chi connectivity index (χ0n) is 23.0. The number of aliphatic hydroxyl groups is 8. The number of rotatable bonds is 10. The Kier molecular flexibility index (Phi) is 10.8. The van der Waals surface area contributed by atoms with Crippen molar-refractivity contribution < 1.29 is 59.9 Å². The van der Waals surface area contributed by atoms with Crippen molar-refractivity contribution in [1.82, 2.24) is 10.6 Å². The Morgan fingerprint density at radius 2 is 1.57 bits per heavy atom. The van der Waals surface area contributed by atoms with Crippen molar-refractivity contribution in [2.45, 2.75) is 110 Å². The Morgan fingerprint density at radius 3 is 2.17 bits per heavy atom. The summed E-state index contributed by atoms with van der Waals surface area (Å²) in [6.45, 7) is -0.625. The molecular weight excluding hydrogens is 564 g/mol. The van der Waals surface area contributed by atoms with E-state index in [0.717, 1.165) is 0 Å². The second-order valence-corrected chi connectivity index (χ2v) is 11.8. The zero-order valence-corrected chi connectivity index (χ0v) is 23.0. The van der Waals surface area contributed by atoms with Crippen LogP contribution in [-0.2, 0) is 19.0 Å². The highest BCUT2D eigenvalue weighted by atomic mass is 16.7. The second-order valence-electron chi connectivity index (χ2n) is 11.8. The summed E-state index contributed by atoms with van der Waals surface area (Å²) in [5.41, 5.74) is 22.5. The number of ether oxygens (including phenoxy) is 3. The molecule has 4 fully saturated rings. The van der Waals surface area contributed by atoms with Gasteiger partial charge in [0.05, 0.1) is 49.7 Å². The largest absolute Gasteiger partial charge is 0.395 e. The Bertz CT molecular complexity index is 925. The highest BCUT2D eigenvalue weighted by Gasteiger charge is 2.60. The molecule has 2 saturated carbocycles. The maximum atomic E-state index is 12.9. The Hall–Kier alpha value is -1.17. The van der Waals surface area contributed by atoms with Crippen molar-refractivity contribution in [3.05, 3.63) is 0 Å². The lowest BCUT2D eigenvalue weighted by atomic mass is 9.71. The number of nitrogens with one attached hydrogen (secondary N) is 2. The minimum absolute atomic E-state index is 0.0143. The molecule has 0 radical (unpaired) electrons. The van der Waals surface area contributed by atoms with Crippen molar-refractivity contribution in [2.24, 2.45) is 28.9 Å². The fourth-order valence-electron chi connectivity index (χ4n) is 6.12. The molecular formula is C24H46N6O12. The van der Waals surface area contributed by atoms with Crippen LogP contribution in [-0.4, -0.2) is 170 Å². The van der Waals surface area contributed by atoms with E-state index in [1.807, 2.05) is 0 Å². The summed E-state index contributed by atoms with van der Waals surface area (Å²) >= 11 is 0. The predicted molar refractivity (Wildman–Crippen MR) is 141 cm³/mol. The summed E-state index contributed by atoms with van der Waals surface area (Å²) in [6, 6.07) is -5.30. The number of carbonyl (C=O) groups is 1. The third kappa shape index (κ3) is 6.45.